The summed E-state index contributed by atoms with van der Waals surface area (Å²) in [7, 11) is 1.33. The van der Waals surface area contributed by atoms with Crippen molar-refractivity contribution >= 4 is 23.7 Å². The second-order valence-electron chi connectivity index (χ2n) is 4.14. The quantitative estimate of drug-likeness (QED) is 0.676. The normalized spacial score (nSPS) is 10.1. The maximum Gasteiger partial charge on any atom is 0.338 e. The maximum absolute atomic E-state index is 11.5. The zero-order valence-corrected chi connectivity index (χ0v) is 12.1. The van der Waals surface area contributed by atoms with Gasteiger partial charge >= 0.3 is 11.9 Å². The number of nitrogens with zero attached hydrogens (tertiary/aromatic N) is 1. The van der Waals surface area contributed by atoms with E-state index in [1.54, 1.807) is 30.5 Å². The molecule has 0 aliphatic heterocycles. The number of carbonyl (C=O) groups is 2. The number of pyridine rings is 1. The molecule has 0 bridgehead atoms. The van der Waals surface area contributed by atoms with Crippen LogP contribution in [0.15, 0.2) is 47.6 Å². The van der Waals surface area contributed by atoms with E-state index in [1.165, 1.54) is 24.9 Å². The van der Waals surface area contributed by atoms with E-state index in [9.17, 15) is 9.59 Å². The molecule has 1 heterocycles. The molecule has 0 spiro atoms. The van der Waals surface area contributed by atoms with Crippen LogP contribution in [0.25, 0.3) is 0 Å². The summed E-state index contributed by atoms with van der Waals surface area (Å²) in [6.45, 7) is 0. The predicted molar refractivity (Wildman–Crippen MR) is 78.5 cm³/mol. The summed E-state index contributed by atoms with van der Waals surface area (Å²) < 4.78 is 4.67. The summed E-state index contributed by atoms with van der Waals surface area (Å²) in [6, 6.07) is 10.1. The van der Waals surface area contributed by atoms with Crippen LogP contribution in [0, 0.1) is 0 Å². The third-order valence-corrected chi connectivity index (χ3v) is 3.80. The highest BCUT2D eigenvalue weighted by molar-refractivity contribution is 7.98. The van der Waals surface area contributed by atoms with Gasteiger partial charge in [0.15, 0.2) is 0 Å². The van der Waals surface area contributed by atoms with Crippen molar-refractivity contribution in [3.63, 3.8) is 0 Å². The average Bonchev–Trinajstić information content (AvgIpc) is 2.52. The highest BCUT2D eigenvalue weighted by Crippen LogP contribution is 2.24. The molecule has 0 amide bonds. The number of rotatable bonds is 5. The fourth-order valence-corrected chi connectivity index (χ4v) is 2.66. The van der Waals surface area contributed by atoms with Crippen molar-refractivity contribution in [1.82, 2.24) is 4.98 Å². The maximum atomic E-state index is 11.5. The summed E-state index contributed by atoms with van der Waals surface area (Å²) in [5.41, 5.74) is 1.53. The molecule has 0 aliphatic carbocycles. The van der Waals surface area contributed by atoms with Gasteiger partial charge in [0.2, 0.25) is 0 Å². The fraction of sp³-hybridized carbons (Fsp3) is 0.133. The second kappa shape index (κ2) is 6.90. The second-order valence-corrected chi connectivity index (χ2v) is 5.11. The lowest BCUT2D eigenvalue weighted by Crippen LogP contribution is -2.02. The first-order chi connectivity index (χ1) is 10.1. The molecule has 2 rings (SSSR count). The van der Waals surface area contributed by atoms with E-state index in [0.29, 0.717) is 16.3 Å². The van der Waals surface area contributed by atoms with Crippen molar-refractivity contribution in [2.75, 3.05) is 7.11 Å². The van der Waals surface area contributed by atoms with Crippen LogP contribution in [0.4, 0.5) is 0 Å². The van der Waals surface area contributed by atoms with Crippen molar-refractivity contribution in [1.29, 1.82) is 0 Å². The zero-order chi connectivity index (χ0) is 15.2. The lowest BCUT2D eigenvalue weighted by atomic mass is 10.1. The Balaban J connectivity index is 2.14. The number of esters is 1. The molecule has 5 nitrogen and oxygen atoms in total. The minimum Gasteiger partial charge on any atom is -0.478 e. The van der Waals surface area contributed by atoms with Crippen LogP contribution in [0.2, 0.25) is 0 Å². The monoisotopic (exact) mass is 303 g/mol. The predicted octanol–water partition coefficient (Wildman–Crippen LogP) is 2.86. The zero-order valence-electron chi connectivity index (χ0n) is 11.3. The van der Waals surface area contributed by atoms with Gasteiger partial charge in [0.05, 0.1) is 18.2 Å². The van der Waals surface area contributed by atoms with E-state index in [2.05, 4.69) is 9.72 Å². The summed E-state index contributed by atoms with van der Waals surface area (Å²) in [4.78, 5) is 26.6. The molecule has 1 aromatic heterocycles. The molecule has 0 aliphatic rings. The van der Waals surface area contributed by atoms with Gasteiger partial charge in [-0.25, -0.2) is 14.6 Å². The van der Waals surface area contributed by atoms with Gasteiger partial charge in [-0.3, -0.25) is 0 Å². The number of hydrogen-bond acceptors (Lipinski definition) is 5. The van der Waals surface area contributed by atoms with Crippen molar-refractivity contribution in [3.8, 4) is 0 Å². The topological polar surface area (TPSA) is 76.5 Å². The van der Waals surface area contributed by atoms with E-state index in [-0.39, 0.29) is 5.56 Å². The van der Waals surface area contributed by atoms with E-state index < -0.39 is 11.9 Å². The lowest BCUT2D eigenvalue weighted by molar-refractivity contribution is 0.0599. The molecule has 6 heteroatoms. The molecular weight excluding hydrogens is 290 g/mol. The number of carbonyl (C=O) groups excluding carboxylic acids is 1. The third kappa shape index (κ3) is 3.82. The molecule has 1 aromatic carbocycles. The first kappa shape index (κ1) is 15.1. The number of hydrogen-bond donors (Lipinski definition) is 1. The van der Waals surface area contributed by atoms with Crippen LogP contribution in [-0.2, 0) is 10.5 Å². The van der Waals surface area contributed by atoms with Crippen LogP contribution in [0.5, 0.6) is 0 Å². The Labute approximate surface area is 126 Å². The van der Waals surface area contributed by atoms with Crippen LogP contribution in [0.3, 0.4) is 0 Å². The molecular formula is C15H13NO4S. The third-order valence-electron chi connectivity index (χ3n) is 2.73. The number of benzene rings is 1. The number of methoxy groups -OCH3 is 1. The van der Waals surface area contributed by atoms with Crippen molar-refractivity contribution in [2.45, 2.75) is 10.8 Å². The number of carboxylic acids is 1. The minimum absolute atomic E-state index is 0.173. The van der Waals surface area contributed by atoms with Crippen molar-refractivity contribution in [3.05, 3.63) is 59.3 Å². The number of carboxylic acid groups (broad SMARTS) is 1. The Morgan fingerprint density at radius 3 is 2.81 bits per heavy atom. The largest absolute Gasteiger partial charge is 0.478 e. The van der Waals surface area contributed by atoms with Gasteiger partial charge in [0.1, 0.15) is 5.03 Å². The highest BCUT2D eigenvalue weighted by atomic mass is 32.2. The number of ether oxygens (including phenoxy) is 1. The van der Waals surface area contributed by atoms with Gasteiger partial charge in [-0.15, -0.1) is 11.8 Å². The molecule has 0 atom stereocenters. The summed E-state index contributed by atoms with van der Waals surface area (Å²) >= 11 is 1.31. The summed E-state index contributed by atoms with van der Waals surface area (Å²) in [6.07, 6.45) is 1.56. The molecule has 0 fully saturated rings. The Morgan fingerprint density at radius 1 is 1.29 bits per heavy atom. The smallest absolute Gasteiger partial charge is 0.338 e. The van der Waals surface area contributed by atoms with Crippen LogP contribution in [0.1, 0.15) is 26.3 Å². The lowest BCUT2D eigenvalue weighted by Gasteiger charge is -2.06. The molecule has 0 saturated heterocycles. The van der Waals surface area contributed by atoms with Crippen LogP contribution >= 0.6 is 11.8 Å². The Morgan fingerprint density at radius 2 is 2.10 bits per heavy atom. The molecule has 21 heavy (non-hydrogen) atoms. The molecule has 108 valence electrons. The summed E-state index contributed by atoms with van der Waals surface area (Å²) in [5.74, 6) is -0.887. The Hall–Kier alpha value is -2.34. The first-order valence-electron chi connectivity index (χ1n) is 6.10. The standard InChI is InChI=1S/C15H13NO4S/c1-20-15(19)11-5-2-4-10(8-11)9-21-13-12(14(17)18)6-3-7-16-13/h2-8H,9H2,1H3,(H,17,18). The van der Waals surface area contributed by atoms with E-state index in [4.69, 9.17) is 5.11 Å². The molecule has 1 N–H and O–H groups in total. The van der Waals surface area contributed by atoms with E-state index in [1.807, 2.05) is 6.07 Å². The SMILES string of the molecule is COC(=O)c1cccc(CSc2ncccc2C(=O)O)c1. The van der Waals surface area contributed by atoms with Gasteiger partial charge in [0.25, 0.3) is 0 Å². The fourth-order valence-electron chi connectivity index (χ4n) is 1.73. The van der Waals surface area contributed by atoms with Crippen molar-refractivity contribution < 1.29 is 19.4 Å². The molecule has 0 unspecified atom stereocenters. The number of aromatic nitrogens is 1. The average molecular weight is 303 g/mol. The number of aromatic carboxylic acids is 1. The van der Waals surface area contributed by atoms with Gasteiger partial charge < -0.3 is 9.84 Å². The number of thioether (sulfide) groups is 1. The van der Waals surface area contributed by atoms with Gasteiger partial charge in [-0.05, 0) is 29.8 Å². The van der Waals surface area contributed by atoms with E-state index in [0.717, 1.165) is 5.56 Å². The Kier molecular flexibility index (Phi) is 4.94. The van der Waals surface area contributed by atoms with E-state index >= 15 is 0 Å². The summed E-state index contributed by atoms with van der Waals surface area (Å²) in [5, 5.41) is 9.55. The molecule has 2 aromatic rings. The van der Waals surface area contributed by atoms with Gasteiger partial charge in [-0.2, -0.15) is 0 Å². The minimum atomic E-state index is -1.01. The van der Waals surface area contributed by atoms with Crippen molar-refractivity contribution in [2.24, 2.45) is 0 Å². The van der Waals surface area contributed by atoms with Gasteiger partial charge in [-0.1, -0.05) is 12.1 Å². The Bertz CT molecular complexity index is 672. The van der Waals surface area contributed by atoms with Gasteiger partial charge in [0, 0.05) is 11.9 Å². The van der Waals surface area contributed by atoms with Crippen LogP contribution in [-0.4, -0.2) is 29.1 Å². The first-order valence-corrected chi connectivity index (χ1v) is 7.08. The highest BCUT2D eigenvalue weighted by Gasteiger charge is 2.11. The van der Waals surface area contributed by atoms with Crippen LogP contribution < -0.4 is 0 Å². The molecule has 0 saturated carbocycles. The molecule has 0 radical (unpaired) electrons.